The molecule has 1 aromatic carbocycles. The standard InChI is InChI=1S/C22H32N2O3/c1-22(2,3)18-15-17(9-10-19(18)27-4)21(26)24-12-6-11-23(13-14-24)20(25)16-7-5-8-16/h9-10,15-16H,5-8,11-14H2,1-4H3. The third-order valence-electron chi connectivity index (χ3n) is 5.80. The lowest BCUT2D eigenvalue weighted by molar-refractivity contribution is -0.138. The van der Waals surface area contributed by atoms with Gasteiger partial charge in [0.05, 0.1) is 7.11 Å². The van der Waals surface area contributed by atoms with Crippen LogP contribution in [0.2, 0.25) is 0 Å². The number of benzene rings is 1. The normalized spacial score (nSPS) is 18.7. The molecule has 0 radical (unpaired) electrons. The van der Waals surface area contributed by atoms with E-state index >= 15 is 0 Å². The van der Waals surface area contributed by atoms with E-state index in [4.69, 9.17) is 4.74 Å². The first-order valence-electron chi connectivity index (χ1n) is 10.1. The summed E-state index contributed by atoms with van der Waals surface area (Å²) in [5, 5.41) is 0. The largest absolute Gasteiger partial charge is 0.496 e. The molecule has 2 aliphatic rings. The van der Waals surface area contributed by atoms with Gasteiger partial charge < -0.3 is 14.5 Å². The summed E-state index contributed by atoms with van der Waals surface area (Å²) in [6, 6.07) is 5.69. The lowest BCUT2D eigenvalue weighted by atomic mass is 9.84. The van der Waals surface area contributed by atoms with Crippen LogP contribution in [0.15, 0.2) is 18.2 Å². The first-order valence-corrected chi connectivity index (χ1v) is 10.1. The molecular formula is C22H32N2O3. The van der Waals surface area contributed by atoms with Crippen molar-refractivity contribution in [1.82, 2.24) is 9.80 Å². The molecule has 0 bridgehead atoms. The van der Waals surface area contributed by atoms with Crippen molar-refractivity contribution in [2.75, 3.05) is 33.3 Å². The van der Waals surface area contributed by atoms with E-state index in [9.17, 15) is 9.59 Å². The average Bonchev–Trinajstić information content (AvgIpc) is 2.84. The van der Waals surface area contributed by atoms with Gasteiger partial charge in [0.1, 0.15) is 5.75 Å². The Morgan fingerprint density at radius 1 is 1.00 bits per heavy atom. The Morgan fingerprint density at radius 3 is 2.26 bits per heavy atom. The van der Waals surface area contributed by atoms with Crippen LogP contribution in [0.3, 0.4) is 0 Å². The van der Waals surface area contributed by atoms with E-state index in [1.807, 2.05) is 28.0 Å². The number of carbonyl (C=O) groups excluding carboxylic acids is 2. The maximum Gasteiger partial charge on any atom is 0.253 e. The summed E-state index contributed by atoms with van der Waals surface area (Å²) >= 11 is 0. The fourth-order valence-corrected chi connectivity index (χ4v) is 3.86. The zero-order chi connectivity index (χ0) is 19.6. The molecule has 1 aliphatic heterocycles. The number of amides is 2. The molecule has 148 valence electrons. The minimum Gasteiger partial charge on any atom is -0.496 e. The maximum absolute atomic E-state index is 13.1. The highest BCUT2D eigenvalue weighted by Gasteiger charge is 2.31. The van der Waals surface area contributed by atoms with E-state index in [1.165, 1.54) is 6.42 Å². The maximum atomic E-state index is 13.1. The molecule has 5 nitrogen and oxygen atoms in total. The molecule has 1 saturated heterocycles. The number of hydrogen-bond donors (Lipinski definition) is 0. The zero-order valence-electron chi connectivity index (χ0n) is 17.1. The number of hydrogen-bond acceptors (Lipinski definition) is 3. The second-order valence-electron chi connectivity index (χ2n) is 8.76. The van der Waals surface area contributed by atoms with E-state index in [0.717, 1.165) is 37.1 Å². The molecule has 0 spiro atoms. The molecule has 0 atom stereocenters. The monoisotopic (exact) mass is 372 g/mol. The highest BCUT2D eigenvalue weighted by Crippen LogP contribution is 2.32. The average molecular weight is 373 g/mol. The zero-order valence-corrected chi connectivity index (χ0v) is 17.1. The Bertz CT molecular complexity index is 704. The van der Waals surface area contributed by atoms with Crippen molar-refractivity contribution in [1.29, 1.82) is 0 Å². The highest BCUT2D eigenvalue weighted by molar-refractivity contribution is 5.94. The van der Waals surface area contributed by atoms with Crippen LogP contribution in [-0.2, 0) is 10.2 Å². The Labute approximate surface area is 162 Å². The lowest BCUT2D eigenvalue weighted by Gasteiger charge is -2.31. The van der Waals surface area contributed by atoms with E-state index in [2.05, 4.69) is 20.8 Å². The van der Waals surface area contributed by atoms with Crippen molar-refractivity contribution >= 4 is 11.8 Å². The third-order valence-corrected chi connectivity index (χ3v) is 5.80. The minimum absolute atomic E-state index is 0.0427. The summed E-state index contributed by atoms with van der Waals surface area (Å²) < 4.78 is 5.48. The summed E-state index contributed by atoms with van der Waals surface area (Å²) in [4.78, 5) is 29.5. The van der Waals surface area contributed by atoms with Crippen molar-refractivity contribution in [2.45, 2.75) is 51.9 Å². The second-order valence-corrected chi connectivity index (χ2v) is 8.76. The van der Waals surface area contributed by atoms with E-state index in [0.29, 0.717) is 25.2 Å². The van der Waals surface area contributed by atoms with Crippen LogP contribution in [0.5, 0.6) is 5.75 Å². The topological polar surface area (TPSA) is 49.9 Å². The number of ether oxygens (including phenoxy) is 1. The van der Waals surface area contributed by atoms with Crippen LogP contribution >= 0.6 is 0 Å². The second kappa shape index (κ2) is 7.91. The molecule has 0 N–H and O–H groups in total. The summed E-state index contributed by atoms with van der Waals surface area (Å²) in [5.41, 5.74) is 1.62. The van der Waals surface area contributed by atoms with Crippen LogP contribution in [0.4, 0.5) is 0 Å². The van der Waals surface area contributed by atoms with Crippen LogP contribution in [-0.4, -0.2) is 54.9 Å². The highest BCUT2D eigenvalue weighted by atomic mass is 16.5. The first-order chi connectivity index (χ1) is 12.8. The minimum atomic E-state index is -0.105. The Kier molecular flexibility index (Phi) is 5.78. The molecule has 1 aromatic rings. The van der Waals surface area contributed by atoms with Crippen LogP contribution in [0.25, 0.3) is 0 Å². The van der Waals surface area contributed by atoms with Crippen molar-refractivity contribution in [3.8, 4) is 5.75 Å². The molecule has 0 aromatic heterocycles. The molecule has 3 rings (SSSR count). The van der Waals surface area contributed by atoms with Crippen LogP contribution in [0, 0.1) is 5.92 Å². The van der Waals surface area contributed by atoms with Gasteiger partial charge in [0.25, 0.3) is 5.91 Å². The summed E-state index contributed by atoms with van der Waals surface area (Å²) in [7, 11) is 1.66. The lowest BCUT2D eigenvalue weighted by Crippen LogP contribution is -2.41. The predicted molar refractivity (Wildman–Crippen MR) is 106 cm³/mol. The van der Waals surface area contributed by atoms with Gasteiger partial charge in [-0.2, -0.15) is 0 Å². The van der Waals surface area contributed by atoms with E-state index in [1.54, 1.807) is 7.11 Å². The number of nitrogens with zero attached hydrogens (tertiary/aromatic N) is 2. The van der Waals surface area contributed by atoms with Crippen molar-refractivity contribution in [3.05, 3.63) is 29.3 Å². The quantitative estimate of drug-likeness (QED) is 0.816. The molecular weight excluding hydrogens is 340 g/mol. The van der Waals surface area contributed by atoms with E-state index < -0.39 is 0 Å². The summed E-state index contributed by atoms with van der Waals surface area (Å²) in [5.74, 6) is 1.37. The Morgan fingerprint density at radius 2 is 1.67 bits per heavy atom. The van der Waals surface area contributed by atoms with Gasteiger partial charge in [-0.05, 0) is 42.9 Å². The first kappa shape index (κ1) is 19.7. The smallest absolute Gasteiger partial charge is 0.253 e. The van der Waals surface area contributed by atoms with Gasteiger partial charge >= 0.3 is 0 Å². The van der Waals surface area contributed by atoms with Crippen molar-refractivity contribution in [3.63, 3.8) is 0 Å². The van der Waals surface area contributed by atoms with Gasteiger partial charge in [0, 0.05) is 43.2 Å². The van der Waals surface area contributed by atoms with Gasteiger partial charge in [0.2, 0.25) is 5.91 Å². The van der Waals surface area contributed by atoms with Gasteiger partial charge in [-0.3, -0.25) is 9.59 Å². The molecule has 27 heavy (non-hydrogen) atoms. The molecule has 2 fully saturated rings. The number of rotatable bonds is 3. The van der Waals surface area contributed by atoms with Crippen molar-refractivity contribution < 1.29 is 14.3 Å². The Balaban J connectivity index is 1.71. The summed E-state index contributed by atoms with van der Waals surface area (Å²) in [6.07, 6.45) is 4.06. The summed E-state index contributed by atoms with van der Waals surface area (Å²) in [6.45, 7) is 9.07. The SMILES string of the molecule is COc1ccc(C(=O)N2CCCN(C(=O)C3CCC3)CC2)cc1C(C)(C)C. The molecule has 5 heteroatoms. The molecule has 0 unspecified atom stereocenters. The fraction of sp³-hybridized carbons (Fsp3) is 0.636. The third kappa shape index (κ3) is 4.28. The van der Waals surface area contributed by atoms with Crippen LogP contribution in [0.1, 0.15) is 62.4 Å². The molecule has 2 amide bonds. The van der Waals surface area contributed by atoms with Gasteiger partial charge in [-0.15, -0.1) is 0 Å². The van der Waals surface area contributed by atoms with E-state index in [-0.39, 0.29) is 23.1 Å². The van der Waals surface area contributed by atoms with Crippen LogP contribution < -0.4 is 4.74 Å². The number of methoxy groups -OCH3 is 1. The van der Waals surface area contributed by atoms with Gasteiger partial charge in [-0.1, -0.05) is 27.2 Å². The van der Waals surface area contributed by atoms with Gasteiger partial charge in [0.15, 0.2) is 0 Å². The predicted octanol–water partition coefficient (Wildman–Crippen LogP) is 3.47. The molecule has 1 heterocycles. The molecule has 1 saturated carbocycles. The fourth-order valence-electron chi connectivity index (χ4n) is 3.86. The number of carbonyl (C=O) groups is 2. The van der Waals surface area contributed by atoms with Gasteiger partial charge in [-0.25, -0.2) is 0 Å². The van der Waals surface area contributed by atoms with Crippen molar-refractivity contribution in [2.24, 2.45) is 5.92 Å². The Hall–Kier alpha value is -2.04. The molecule has 1 aliphatic carbocycles.